The molecule has 2 rings (SSSR count). The molecule has 0 radical (unpaired) electrons. The van der Waals surface area contributed by atoms with Crippen molar-refractivity contribution >= 4 is 23.0 Å². The molecule has 28 heavy (non-hydrogen) atoms. The van der Waals surface area contributed by atoms with Crippen LogP contribution >= 0.6 is 11.8 Å². The lowest BCUT2D eigenvalue weighted by Crippen LogP contribution is -2.48. The van der Waals surface area contributed by atoms with Gasteiger partial charge in [-0.2, -0.15) is 0 Å². The summed E-state index contributed by atoms with van der Waals surface area (Å²) >= 11 is 0.756. The minimum Gasteiger partial charge on any atom is -0.462 e. The maximum Gasteiger partial charge on any atom is 0.519 e. The first-order valence-electron chi connectivity index (χ1n) is 8.60. The lowest BCUT2D eigenvalue weighted by atomic mass is 10.0. The van der Waals surface area contributed by atoms with Crippen molar-refractivity contribution in [1.82, 2.24) is 0 Å². The summed E-state index contributed by atoms with van der Waals surface area (Å²) in [6.45, 7) is 6.39. The summed E-state index contributed by atoms with van der Waals surface area (Å²) in [7, 11) is 0. The number of hydrogen-bond acceptors (Lipinski definition) is 9. The van der Waals surface area contributed by atoms with Gasteiger partial charge in [0.1, 0.15) is 6.04 Å². The number of thioether (sulfide) groups is 1. The third-order valence-electron chi connectivity index (χ3n) is 3.70. The summed E-state index contributed by atoms with van der Waals surface area (Å²) in [5, 5.41) is -0.680. The SMILES string of the molecule is CC(C)OC(=O)[C@H](N)C(C)(C)SC(=O)OCc1oc(=O)oc1-c1ccccc1. The average Bonchev–Trinajstić information content (AvgIpc) is 3.00. The quantitative estimate of drug-likeness (QED) is 0.686. The monoisotopic (exact) mass is 409 g/mol. The van der Waals surface area contributed by atoms with Gasteiger partial charge in [-0.25, -0.2) is 9.59 Å². The third kappa shape index (κ3) is 5.74. The highest BCUT2D eigenvalue weighted by atomic mass is 32.2. The number of rotatable bonds is 7. The molecule has 0 aliphatic heterocycles. The molecule has 152 valence electrons. The predicted molar refractivity (Wildman–Crippen MR) is 104 cm³/mol. The molecule has 1 aromatic carbocycles. The Bertz CT molecular complexity index is 870. The van der Waals surface area contributed by atoms with E-state index < -0.39 is 27.9 Å². The molecule has 0 amide bonds. The van der Waals surface area contributed by atoms with Gasteiger partial charge in [0.25, 0.3) is 0 Å². The van der Waals surface area contributed by atoms with Gasteiger partial charge in [-0.05, 0) is 39.5 Å². The summed E-state index contributed by atoms with van der Waals surface area (Å²) < 4.78 is 19.3. The molecule has 0 bridgehead atoms. The zero-order valence-electron chi connectivity index (χ0n) is 16.1. The molecule has 1 atom stereocenters. The molecule has 1 aromatic heterocycles. The Morgan fingerprint density at radius 2 is 1.82 bits per heavy atom. The van der Waals surface area contributed by atoms with Gasteiger partial charge < -0.3 is 24.0 Å². The van der Waals surface area contributed by atoms with Gasteiger partial charge in [-0.3, -0.25) is 4.79 Å². The van der Waals surface area contributed by atoms with Crippen LogP contribution in [-0.2, 0) is 20.9 Å². The van der Waals surface area contributed by atoms with Crippen molar-refractivity contribution in [1.29, 1.82) is 0 Å². The van der Waals surface area contributed by atoms with Crippen LogP contribution < -0.4 is 11.6 Å². The fourth-order valence-corrected chi connectivity index (χ4v) is 3.00. The Hall–Kier alpha value is -2.52. The Balaban J connectivity index is 2.01. The molecule has 2 aromatic rings. The minimum atomic E-state index is -1.03. The lowest BCUT2D eigenvalue weighted by molar-refractivity contribution is -0.149. The molecule has 0 fully saturated rings. The Morgan fingerprint density at radius 1 is 1.18 bits per heavy atom. The van der Waals surface area contributed by atoms with Crippen LogP contribution in [0.4, 0.5) is 4.79 Å². The molecule has 0 saturated carbocycles. The molecule has 0 aliphatic rings. The Kier molecular flexibility index (Phi) is 7.09. The van der Waals surface area contributed by atoms with Crippen molar-refractivity contribution < 1.29 is 27.9 Å². The van der Waals surface area contributed by atoms with Crippen LogP contribution in [-0.4, -0.2) is 28.2 Å². The van der Waals surface area contributed by atoms with Gasteiger partial charge in [-0.1, -0.05) is 30.3 Å². The summed E-state index contributed by atoms with van der Waals surface area (Å²) in [5.74, 6) is -1.21. The van der Waals surface area contributed by atoms with Crippen molar-refractivity contribution in [3.63, 3.8) is 0 Å². The van der Waals surface area contributed by atoms with Crippen LogP contribution in [0.5, 0.6) is 0 Å². The van der Waals surface area contributed by atoms with Gasteiger partial charge in [0.05, 0.1) is 6.10 Å². The molecule has 0 saturated heterocycles. The first-order chi connectivity index (χ1) is 13.1. The van der Waals surface area contributed by atoms with Crippen LogP contribution in [0.2, 0.25) is 0 Å². The van der Waals surface area contributed by atoms with Crippen LogP contribution in [0.3, 0.4) is 0 Å². The van der Waals surface area contributed by atoms with E-state index in [1.54, 1.807) is 52.0 Å². The van der Waals surface area contributed by atoms with E-state index in [2.05, 4.69) is 0 Å². The molecule has 8 nitrogen and oxygen atoms in total. The van der Waals surface area contributed by atoms with E-state index in [0.717, 1.165) is 11.8 Å². The van der Waals surface area contributed by atoms with E-state index in [1.807, 2.05) is 6.07 Å². The summed E-state index contributed by atoms with van der Waals surface area (Å²) in [6.07, 6.45) is -0.313. The second-order valence-corrected chi connectivity index (χ2v) is 8.37. The fourth-order valence-electron chi connectivity index (χ4n) is 2.23. The number of carbonyl (C=O) groups excluding carboxylic acids is 2. The number of nitrogens with two attached hydrogens (primary N) is 1. The second-order valence-electron chi connectivity index (χ2n) is 6.78. The van der Waals surface area contributed by atoms with E-state index in [0.29, 0.717) is 5.56 Å². The van der Waals surface area contributed by atoms with Crippen molar-refractivity contribution in [2.24, 2.45) is 5.73 Å². The molecular formula is C19H23NO7S. The van der Waals surface area contributed by atoms with Gasteiger partial charge >= 0.3 is 17.1 Å². The normalized spacial score (nSPS) is 12.6. The molecule has 0 spiro atoms. The summed E-state index contributed by atoms with van der Waals surface area (Å²) in [4.78, 5) is 35.7. The van der Waals surface area contributed by atoms with Crippen molar-refractivity contribution in [2.45, 2.75) is 51.2 Å². The number of benzene rings is 1. The van der Waals surface area contributed by atoms with Gasteiger partial charge in [0, 0.05) is 10.3 Å². The fraction of sp³-hybridized carbons (Fsp3) is 0.421. The average molecular weight is 409 g/mol. The molecule has 0 unspecified atom stereocenters. The van der Waals surface area contributed by atoms with E-state index in [9.17, 15) is 14.4 Å². The van der Waals surface area contributed by atoms with E-state index >= 15 is 0 Å². The van der Waals surface area contributed by atoms with Crippen LogP contribution in [0.25, 0.3) is 11.3 Å². The molecule has 2 N–H and O–H groups in total. The third-order valence-corrected chi connectivity index (χ3v) is 4.77. The zero-order chi connectivity index (χ0) is 20.9. The van der Waals surface area contributed by atoms with Gasteiger partial charge in [0.15, 0.2) is 18.1 Å². The molecular weight excluding hydrogens is 386 g/mol. The predicted octanol–water partition coefficient (Wildman–Crippen LogP) is 3.33. The second kappa shape index (κ2) is 9.11. The highest BCUT2D eigenvalue weighted by Crippen LogP contribution is 2.31. The standard InChI is InChI=1S/C19H23NO7S/c1-11(2)25-16(21)15(20)19(3,4)28-18(23)24-10-13-14(27-17(22)26-13)12-8-6-5-7-9-12/h5-9,11,15H,10,20H2,1-4H3/t15-/m0/s1. The molecule has 9 heteroatoms. The number of ether oxygens (including phenoxy) is 2. The number of esters is 1. The van der Waals surface area contributed by atoms with Crippen molar-refractivity contribution in [3.05, 3.63) is 46.7 Å². The van der Waals surface area contributed by atoms with Crippen molar-refractivity contribution in [3.8, 4) is 11.3 Å². The smallest absolute Gasteiger partial charge is 0.462 e. The highest BCUT2D eigenvalue weighted by Gasteiger charge is 2.37. The maximum absolute atomic E-state index is 12.2. The highest BCUT2D eigenvalue weighted by molar-refractivity contribution is 8.14. The summed E-state index contributed by atoms with van der Waals surface area (Å²) in [5.41, 5.74) is 6.54. The summed E-state index contributed by atoms with van der Waals surface area (Å²) in [6, 6.07) is 7.79. The number of carbonyl (C=O) groups is 2. The number of hydrogen-bond donors (Lipinski definition) is 1. The van der Waals surface area contributed by atoms with E-state index in [1.165, 1.54) is 0 Å². The van der Waals surface area contributed by atoms with Crippen molar-refractivity contribution in [2.75, 3.05) is 0 Å². The zero-order valence-corrected chi connectivity index (χ0v) is 16.9. The minimum absolute atomic E-state index is 0.0893. The lowest BCUT2D eigenvalue weighted by Gasteiger charge is -2.28. The van der Waals surface area contributed by atoms with Gasteiger partial charge in [0.2, 0.25) is 0 Å². The van der Waals surface area contributed by atoms with Gasteiger partial charge in [-0.15, -0.1) is 0 Å². The first kappa shape index (κ1) is 21.8. The Morgan fingerprint density at radius 3 is 2.43 bits per heavy atom. The van der Waals surface area contributed by atoms with Crippen LogP contribution in [0.15, 0.2) is 44.0 Å². The first-order valence-corrected chi connectivity index (χ1v) is 9.42. The topological polar surface area (TPSA) is 122 Å². The van der Waals surface area contributed by atoms with E-state index in [4.69, 9.17) is 24.0 Å². The maximum atomic E-state index is 12.2. The van der Waals surface area contributed by atoms with E-state index in [-0.39, 0.29) is 24.2 Å². The Labute approximate surface area is 166 Å². The van der Waals surface area contributed by atoms with Crippen LogP contribution in [0.1, 0.15) is 33.5 Å². The van der Waals surface area contributed by atoms with Crippen LogP contribution in [0, 0.1) is 0 Å². The largest absolute Gasteiger partial charge is 0.519 e. The molecule has 0 aliphatic carbocycles. The molecule has 1 heterocycles.